The van der Waals surface area contributed by atoms with Gasteiger partial charge in [-0.25, -0.2) is 0 Å². The molecule has 7 heteroatoms. The standard InChI is InChI=1S/C10H14ClF3N2O/c1-3-7(2)17-5-9-8(11)4-16(15-9)6-10(12,13)14/h4,7H,3,5-6H2,1-2H3/t7-/m0/s1. The second kappa shape index (κ2) is 5.73. The summed E-state index contributed by atoms with van der Waals surface area (Å²) < 4.78 is 42.5. The van der Waals surface area contributed by atoms with Crippen LogP contribution < -0.4 is 0 Å². The van der Waals surface area contributed by atoms with Gasteiger partial charge in [-0.15, -0.1) is 0 Å². The number of hydrogen-bond donors (Lipinski definition) is 0. The van der Waals surface area contributed by atoms with Gasteiger partial charge in [0.25, 0.3) is 0 Å². The van der Waals surface area contributed by atoms with Gasteiger partial charge in [0.1, 0.15) is 12.2 Å². The molecule has 0 amide bonds. The number of halogens is 4. The van der Waals surface area contributed by atoms with Gasteiger partial charge in [0.2, 0.25) is 0 Å². The zero-order valence-corrected chi connectivity index (χ0v) is 10.3. The highest BCUT2D eigenvalue weighted by molar-refractivity contribution is 6.31. The van der Waals surface area contributed by atoms with E-state index in [1.165, 1.54) is 0 Å². The highest BCUT2D eigenvalue weighted by atomic mass is 35.5. The first-order chi connectivity index (χ1) is 7.81. The van der Waals surface area contributed by atoms with Crippen LogP contribution >= 0.6 is 11.6 Å². The molecule has 0 bridgehead atoms. The van der Waals surface area contributed by atoms with E-state index in [1.54, 1.807) is 0 Å². The Hall–Kier alpha value is -0.750. The van der Waals surface area contributed by atoms with Gasteiger partial charge in [0.05, 0.1) is 17.7 Å². The first kappa shape index (κ1) is 14.3. The lowest BCUT2D eigenvalue weighted by Crippen LogP contribution is -2.18. The van der Waals surface area contributed by atoms with Gasteiger partial charge in [-0.1, -0.05) is 18.5 Å². The minimum atomic E-state index is -4.30. The van der Waals surface area contributed by atoms with Crippen LogP contribution in [0.15, 0.2) is 6.20 Å². The van der Waals surface area contributed by atoms with Gasteiger partial charge in [-0.3, -0.25) is 4.68 Å². The number of alkyl halides is 3. The average molecular weight is 271 g/mol. The molecule has 0 spiro atoms. The number of ether oxygens (including phenoxy) is 1. The summed E-state index contributed by atoms with van der Waals surface area (Å²) in [5.74, 6) is 0. The smallest absolute Gasteiger partial charge is 0.372 e. The van der Waals surface area contributed by atoms with E-state index in [2.05, 4.69) is 5.10 Å². The highest BCUT2D eigenvalue weighted by Crippen LogP contribution is 2.21. The number of rotatable bonds is 5. The lowest BCUT2D eigenvalue weighted by Gasteiger charge is -2.09. The van der Waals surface area contributed by atoms with Crippen LogP contribution in [0.2, 0.25) is 5.02 Å². The van der Waals surface area contributed by atoms with Crippen LogP contribution in [0.3, 0.4) is 0 Å². The normalized spacial score (nSPS) is 14.0. The molecule has 0 N–H and O–H groups in total. The summed E-state index contributed by atoms with van der Waals surface area (Å²) in [6.45, 7) is 2.81. The van der Waals surface area contributed by atoms with Crippen molar-refractivity contribution < 1.29 is 17.9 Å². The van der Waals surface area contributed by atoms with Crippen molar-refractivity contribution in [1.29, 1.82) is 0 Å². The van der Waals surface area contributed by atoms with Crippen molar-refractivity contribution in [3.63, 3.8) is 0 Å². The van der Waals surface area contributed by atoms with E-state index in [4.69, 9.17) is 16.3 Å². The predicted octanol–water partition coefficient (Wildman–Crippen LogP) is 3.41. The Labute approximate surface area is 103 Å². The maximum Gasteiger partial charge on any atom is 0.408 e. The fourth-order valence-electron chi connectivity index (χ4n) is 1.14. The first-order valence-corrected chi connectivity index (χ1v) is 5.59. The Morgan fingerprint density at radius 1 is 1.53 bits per heavy atom. The molecule has 0 fully saturated rings. The molecule has 0 saturated heterocycles. The van der Waals surface area contributed by atoms with E-state index in [0.29, 0.717) is 5.69 Å². The quantitative estimate of drug-likeness (QED) is 0.820. The average Bonchev–Trinajstić information content (AvgIpc) is 2.52. The number of nitrogens with zero attached hydrogens (tertiary/aromatic N) is 2. The summed E-state index contributed by atoms with van der Waals surface area (Å²) >= 11 is 5.77. The van der Waals surface area contributed by atoms with Gasteiger partial charge in [-0.05, 0) is 13.3 Å². The van der Waals surface area contributed by atoms with Crippen molar-refractivity contribution in [2.24, 2.45) is 0 Å². The lowest BCUT2D eigenvalue weighted by atomic mass is 10.3. The Bertz CT molecular complexity index is 365. The van der Waals surface area contributed by atoms with Crippen LogP contribution in [-0.4, -0.2) is 22.1 Å². The molecule has 1 aromatic heterocycles. The van der Waals surface area contributed by atoms with Crippen molar-refractivity contribution in [2.75, 3.05) is 0 Å². The molecule has 0 aromatic carbocycles. The van der Waals surface area contributed by atoms with Gasteiger partial charge in [0, 0.05) is 6.20 Å². The Balaban J connectivity index is 2.62. The molecule has 0 aliphatic heterocycles. The molecule has 1 rings (SSSR count). The lowest BCUT2D eigenvalue weighted by molar-refractivity contribution is -0.142. The third-order valence-corrected chi connectivity index (χ3v) is 2.52. The van der Waals surface area contributed by atoms with Crippen LogP contribution in [0.25, 0.3) is 0 Å². The fraction of sp³-hybridized carbons (Fsp3) is 0.700. The van der Waals surface area contributed by atoms with Crippen LogP contribution in [0, 0.1) is 0 Å². The summed E-state index contributed by atoms with van der Waals surface area (Å²) in [4.78, 5) is 0. The fourth-order valence-corrected chi connectivity index (χ4v) is 1.34. The topological polar surface area (TPSA) is 27.1 Å². The monoisotopic (exact) mass is 270 g/mol. The van der Waals surface area contributed by atoms with Gasteiger partial charge < -0.3 is 4.74 Å². The van der Waals surface area contributed by atoms with Gasteiger partial charge >= 0.3 is 6.18 Å². The molecular formula is C10H14ClF3N2O. The van der Waals surface area contributed by atoms with E-state index in [1.807, 2.05) is 13.8 Å². The van der Waals surface area contributed by atoms with Crippen molar-refractivity contribution >= 4 is 11.6 Å². The summed E-state index contributed by atoms with van der Waals surface area (Å²) in [7, 11) is 0. The third kappa shape index (κ3) is 4.95. The second-order valence-electron chi connectivity index (χ2n) is 3.77. The third-order valence-electron chi connectivity index (χ3n) is 2.21. The largest absolute Gasteiger partial charge is 0.408 e. The molecule has 0 aliphatic carbocycles. The maximum atomic E-state index is 12.1. The van der Waals surface area contributed by atoms with E-state index < -0.39 is 12.7 Å². The molecule has 0 unspecified atom stereocenters. The van der Waals surface area contributed by atoms with E-state index in [0.717, 1.165) is 17.3 Å². The van der Waals surface area contributed by atoms with Crippen LogP contribution in [0.1, 0.15) is 26.0 Å². The molecule has 1 heterocycles. The summed E-state index contributed by atoms with van der Waals surface area (Å²) in [5, 5.41) is 3.93. The summed E-state index contributed by atoms with van der Waals surface area (Å²) in [5.41, 5.74) is 0.330. The predicted molar refractivity (Wildman–Crippen MR) is 57.8 cm³/mol. The van der Waals surface area contributed by atoms with Crippen LogP contribution in [0.5, 0.6) is 0 Å². The molecular weight excluding hydrogens is 257 g/mol. The Morgan fingerprint density at radius 2 is 2.18 bits per heavy atom. The van der Waals surface area contributed by atoms with Crippen LogP contribution in [0.4, 0.5) is 13.2 Å². The van der Waals surface area contributed by atoms with E-state index >= 15 is 0 Å². The van der Waals surface area contributed by atoms with E-state index in [9.17, 15) is 13.2 Å². The van der Waals surface area contributed by atoms with Crippen LogP contribution in [-0.2, 0) is 17.9 Å². The number of hydrogen-bond acceptors (Lipinski definition) is 2. The molecule has 0 radical (unpaired) electrons. The van der Waals surface area contributed by atoms with Gasteiger partial charge in [-0.2, -0.15) is 18.3 Å². The van der Waals surface area contributed by atoms with Crippen molar-refractivity contribution in [3.05, 3.63) is 16.9 Å². The summed E-state index contributed by atoms with van der Waals surface area (Å²) in [6.07, 6.45) is -2.30. The molecule has 0 saturated carbocycles. The SMILES string of the molecule is CC[C@H](C)OCc1nn(CC(F)(F)F)cc1Cl. The molecule has 0 aliphatic rings. The zero-order chi connectivity index (χ0) is 13.1. The maximum absolute atomic E-state index is 12.1. The highest BCUT2D eigenvalue weighted by Gasteiger charge is 2.28. The molecule has 98 valence electrons. The molecule has 1 atom stereocenters. The minimum Gasteiger partial charge on any atom is -0.372 e. The van der Waals surface area contributed by atoms with Gasteiger partial charge in [0.15, 0.2) is 0 Å². The van der Waals surface area contributed by atoms with Crippen molar-refractivity contribution in [2.45, 2.75) is 45.7 Å². The zero-order valence-electron chi connectivity index (χ0n) is 9.59. The van der Waals surface area contributed by atoms with E-state index in [-0.39, 0.29) is 17.7 Å². The second-order valence-corrected chi connectivity index (χ2v) is 4.17. The molecule has 1 aromatic rings. The Kier molecular flexibility index (Phi) is 4.82. The van der Waals surface area contributed by atoms with Crippen molar-refractivity contribution in [1.82, 2.24) is 9.78 Å². The summed E-state index contributed by atoms with van der Waals surface area (Å²) in [6, 6.07) is 0. The Morgan fingerprint density at radius 3 is 2.71 bits per heavy atom. The minimum absolute atomic E-state index is 0.0267. The number of aromatic nitrogens is 2. The molecule has 3 nitrogen and oxygen atoms in total. The molecule has 17 heavy (non-hydrogen) atoms. The van der Waals surface area contributed by atoms with Crippen molar-refractivity contribution in [3.8, 4) is 0 Å². The first-order valence-electron chi connectivity index (χ1n) is 5.22.